The van der Waals surface area contributed by atoms with Crippen LogP contribution >= 0.6 is 0 Å². The van der Waals surface area contributed by atoms with E-state index in [2.05, 4.69) is 10.6 Å². The van der Waals surface area contributed by atoms with Crippen LogP contribution < -0.4 is 10.6 Å². The van der Waals surface area contributed by atoms with E-state index >= 15 is 0 Å². The predicted octanol–water partition coefficient (Wildman–Crippen LogP) is 0.895. The van der Waals surface area contributed by atoms with Crippen LogP contribution in [0.2, 0.25) is 0 Å². The molecule has 11 heavy (non-hydrogen) atoms. The summed E-state index contributed by atoms with van der Waals surface area (Å²) in [5.74, 6) is 0. The zero-order chi connectivity index (χ0) is 7.52. The Kier molecular flexibility index (Phi) is 2.44. The second-order valence-corrected chi connectivity index (χ2v) is 3.67. The van der Waals surface area contributed by atoms with Gasteiger partial charge in [0.25, 0.3) is 0 Å². The highest BCUT2D eigenvalue weighted by atomic mass is 15.0. The molecule has 2 atom stereocenters. The number of nitrogens with one attached hydrogen (secondary N) is 1. The molecular weight excluding hydrogens is 136 g/mol. The minimum absolute atomic E-state index is 0.659. The minimum Gasteiger partial charge on any atom is -0.312 e. The molecule has 0 saturated carbocycles. The van der Waals surface area contributed by atoms with E-state index in [9.17, 15) is 0 Å². The summed E-state index contributed by atoms with van der Waals surface area (Å²) in [6.07, 6.45) is 6.76. The molecule has 0 aromatic rings. The van der Waals surface area contributed by atoms with Crippen LogP contribution in [0.15, 0.2) is 0 Å². The molecule has 1 N–H and O–H groups in total. The van der Waals surface area contributed by atoms with Crippen molar-refractivity contribution in [3.05, 3.63) is 0 Å². The lowest BCUT2D eigenvalue weighted by atomic mass is 9.97. The molecule has 1 radical (unpaired) electrons. The van der Waals surface area contributed by atoms with E-state index in [1.165, 1.54) is 38.6 Å². The van der Waals surface area contributed by atoms with Gasteiger partial charge in [0.05, 0.1) is 0 Å². The molecule has 2 heterocycles. The van der Waals surface area contributed by atoms with Crippen molar-refractivity contribution in [2.45, 2.75) is 44.2 Å². The second-order valence-electron chi connectivity index (χ2n) is 3.67. The molecule has 0 aromatic heterocycles. The van der Waals surface area contributed by atoms with E-state index < -0.39 is 0 Å². The Morgan fingerprint density at radius 3 is 2.73 bits per heavy atom. The monoisotopic (exact) mass is 153 g/mol. The average molecular weight is 153 g/mol. The van der Waals surface area contributed by atoms with Gasteiger partial charge in [0, 0.05) is 18.6 Å². The first kappa shape index (κ1) is 7.56. The van der Waals surface area contributed by atoms with Crippen LogP contribution in [0.25, 0.3) is 0 Å². The van der Waals surface area contributed by atoms with Gasteiger partial charge in [0.1, 0.15) is 0 Å². The first-order valence-corrected chi connectivity index (χ1v) is 4.87. The van der Waals surface area contributed by atoms with Crippen LogP contribution in [-0.4, -0.2) is 25.2 Å². The number of piperidine rings is 1. The molecule has 2 saturated heterocycles. The number of rotatable bonds is 1. The normalized spacial score (nSPS) is 39.3. The summed E-state index contributed by atoms with van der Waals surface area (Å²) in [7, 11) is 0. The molecule has 0 aromatic carbocycles. The van der Waals surface area contributed by atoms with Crippen LogP contribution in [0.3, 0.4) is 0 Å². The fraction of sp³-hybridized carbons (Fsp3) is 1.00. The average Bonchev–Trinajstić information content (AvgIpc) is 2.58. The van der Waals surface area contributed by atoms with E-state index in [0.717, 1.165) is 12.6 Å². The number of nitrogens with zero attached hydrogens (tertiary/aromatic N) is 1. The molecule has 2 aliphatic heterocycles. The Balaban J connectivity index is 1.82. The number of hydrogen-bond acceptors (Lipinski definition) is 1. The van der Waals surface area contributed by atoms with Crippen molar-refractivity contribution in [2.24, 2.45) is 0 Å². The van der Waals surface area contributed by atoms with Crippen molar-refractivity contribution < 1.29 is 0 Å². The zero-order valence-electron chi connectivity index (χ0n) is 7.05. The van der Waals surface area contributed by atoms with Gasteiger partial charge in [-0.25, -0.2) is 5.32 Å². The van der Waals surface area contributed by atoms with Crippen molar-refractivity contribution >= 4 is 0 Å². The highest BCUT2D eigenvalue weighted by Crippen LogP contribution is 2.17. The predicted molar refractivity (Wildman–Crippen MR) is 45.7 cm³/mol. The molecule has 0 spiro atoms. The molecule has 2 heteroatoms. The summed E-state index contributed by atoms with van der Waals surface area (Å²) >= 11 is 0. The second kappa shape index (κ2) is 3.55. The summed E-state index contributed by atoms with van der Waals surface area (Å²) in [5, 5.41) is 8.18. The van der Waals surface area contributed by atoms with E-state index in [1.807, 2.05) is 0 Å². The van der Waals surface area contributed by atoms with Crippen molar-refractivity contribution in [2.75, 3.05) is 13.1 Å². The van der Waals surface area contributed by atoms with Gasteiger partial charge in [-0.3, -0.25) is 0 Å². The topological polar surface area (TPSA) is 26.1 Å². The van der Waals surface area contributed by atoms with Crippen LogP contribution in [-0.2, 0) is 0 Å². The molecule has 0 aliphatic carbocycles. The van der Waals surface area contributed by atoms with E-state index in [0.29, 0.717) is 6.04 Å². The van der Waals surface area contributed by atoms with E-state index in [4.69, 9.17) is 0 Å². The minimum atomic E-state index is 0.659. The fourth-order valence-corrected chi connectivity index (χ4v) is 2.18. The Morgan fingerprint density at radius 2 is 2.09 bits per heavy atom. The van der Waals surface area contributed by atoms with Gasteiger partial charge >= 0.3 is 0 Å². The van der Waals surface area contributed by atoms with Crippen LogP contribution in [0.1, 0.15) is 32.1 Å². The lowest BCUT2D eigenvalue weighted by Gasteiger charge is -2.27. The molecular formula is C9H17N2. The molecule has 2 nitrogen and oxygen atoms in total. The van der Waals surface area contributed by atoms with Crippen LogP contribution in [0.5, 0.6) is 0 Å². The maximum Gasteiger partial charge on any atom is 0.0399 e. The Labute approximate surface area is 68.7 Å². The molecule has 2 unspecified atom stereocenters. The van der Waals surface area contributed by atoms with Crippen molar-refractivity contribution in [1.82, 2.24) is 10.6 Å². The maximum absolute atomic E-state index is 4.65. The zero-order valence-corrected chi connectivity index (χ0v) is 7.05. The highest BCUT2D eigenvalue weighted by molar-refractivity contribution is 4.87. The summed E-state index contributed by atoms with van der Waals surface area (Å²) < 4.78 is 0. The van der Waals surface area contributed by atoms with Crippen LogP contribution in [0.4, 0.5) is 0 Å². The summed E-state index contributed by atoms with van der Waals surface area (Å²) in [6, 6.07) is 1.39. The smallest absolute Gasteiger partial charge is 0.0399 e. The summed E-state index contributed by atoms with van der Waals surface area (Å²) in [5.41, 5.74) is 0. The van der Waals surface area contributed by atoms with Gasteiger partial charge < -0.3 is 5.32 Å². The van der Waals surface area contributed by atoms with Gasteiger partial charge in [-0.2, -0.15) is 0 Å². The summed E-state index contributed by atoms with van der Waals surface area (Å²) in [4.78, 5) is 0. The molecule has 0 bridgehead atoms. The Hall–Kier alpha value is -0.0800. The highest BCUT2D eigenvalue weighted by Gasteiger charge is 2.26. The molecule has 0 amide bonds. The molecule has 2 fully saturated rings. The fourth-order valence-electron chi connectivity index (χ4n) is 2.18. The summed E-state index contributed by atoms with van der Waals surface area (Å²) in [6.45, 7) is 2.33. The molecule has 2 aliphatic rings. The molecule has 2 rings (SSSR count). The van der Waals surface area contributed by atoms with Crippen molar-refractivity contribution in [3.8, 4) is 0 Å². The quantitative estimate of drug-likeness (QED) is 0.595. The first-order valence-electron chi connectivity index (χ1n) is 4.87. The standard InChI is InChI=1S/C9H17N2/c1-2-6-10-8(4-1)9-5-3-7-11-9/h8-9,11H,1-7H2. The largest absolute Gasteiger partial charge is 0.312 e. The van der Waals surface area contributed by atoms with Gasteiger partial charge in [-0.05, 0) is 32.2 Å². The van der Waals surface area contributed by atoms with Crippen molar-refractivity contribution in [3.63, 3.8) is 0 Å². The van der Waals surface area contributed by atoms with Crippen molar-refractivity contribution in [1.29, 1.82) is 0 Å². The number of hydrogen-bond donors (Lipinski definition) is 1. The van der Waals surface area contributed by atoms with Gasteiger partial charge in [0.15, 0.2) is 0 Å². The van der Waals surface area contributed by atoms with Gasteiger partial charge in [-0.1, -0.05) is 6.42 Å². The Morgan fingerprint density at radius 1 is 1.09 bits per heavy atom. The lowest BCUT2D eigenvalue weighted by molar-refractivity contribution is 0.325. The van der Waals surface area contributed by atoms with E-state index in [1.54, 1.807) is 0 Å². The van der Waals surface area contributed by atoms with Gasteiger partial charge in [-0.15, -0.1) is 0 Å². The maximum atomic E-state index is 4.65. The first-order chi connectivity index (χ1) is 5.47. The lowest BCUT2D eigenvalue weighted by Crippen LogP contribution is -2.43. The van der Waals surface area contributed by atoms with E-state index in [-0.39, 0.29) is 0 Å². The van der Waals surface area contributed by atoms with Crippen LogP contribution in [0, 0.1) is 0 Å². The third kappa shape index (κ3) is 1.74. The third-order valence-corrected chi connectivity index (χ3v) is 2.83. The van der Waals surface area contributed by atoms with Gasteiger partial charge in [0.2, 0.25) is 0 Å². The SMILES string of the molecule is C1CCC(C2CCCN2)[N]C1. The molecule has 63 valence electrons. The third-order valence-electron chi connectivity index (χ3n) is 2.83. The Bertz CT molecular complexity index is 113.